The van der Waals surface area contributed by atoms with E-state index in [0.29, 0.717) is 0 Å². The molecule has 0 aromatic heterocycles. The maximum absolute atomic E-state index is 11.2. The van der Waals surface area contributed by atoms with Crippen molar-refractivity contribution in [3.63, 3.8) is 0 Å². The average molecular weight is 236 g/mol. The first-order chi connectivity index (χ1) is 4.96. The van der Waals surface area contributed by atoms with Crippen LogP contribution in [-0.2, 0) is 24.1 Å². The van der Waals surface area contributed by atoms with Crippen LogP contribution in [0.25, 0.3) is 0 Å². The van der Waals surface area contributed by atoms with E-state index in [0.717, 1.165) is 0 Å². The second-order valence-corrected chi connectivity index (χ2v) is 4.11. The largest absolute Gasteiger partial charge is 1.00 e. The van der Waals surface area contributed by atoms with Gasteiger partial charge in [-0.3, -0.25) is 0 Å². The van der Waals surface area contributed by atoms with Crippen LogP contribution in [0.3, 0.4) is 0 Å². The zero-order chi connectivity index (χ0) is 10.2. The van der Waals surface area contributed by atoms with Crippen molar-refractivity contribution in [1.29, 1.82) is 0 Å². The van der Waals surface area contributed by atoms with Crippen molar-refractivity contribution in [2.75, 3.05) is 0 Å². The molecule has 0 aliphatic carbocycles. The molecule has 0 aliphatic rings. The molecule has 6 nitrogen and oxygen atoms in total. The van der Waals surface area contributed by atoms with Crippen molar-refractivity contribution >= 4 is 20.5 Å². The molecule has 0 radical (unpaired) electrons. The number of hydrogen-bond donors (Lipinski definition) is 0. The van der Waals surface area contributed by atoms with E-state index in [1.54, 1.807) is 0 Å². The number of alkyl halides is 3. The normalized spacial score (nSPS) is 13.5. The van der Waals surface area contributed by atoms with E-state index >= 15 is 0 Å². The van der Waals surface area contributed by atoms with Crippen molar-refractivity contribution in [1.82, 2.24) is 0 Å². The summed E-state index contributed by atoms with van der Waals surface area (Å²) in [4.78, 5) is 0. The number of halogens is 3. The monoisotopic (exact) mass is 236 g/mol. The average Bonchev–Trinajstić information content (AvgIpc) is 1.52. The van der Waals surface area contributed by atoms with Gasteiger partial charge in [-0.1, -0.05) is 0 Å². The molecule has 12 heteroatoms. The molecule has 0 aromatic carbocycles. The molecule has 0 rings (SSSR count). The number of rotatable bonds is 2. The molecule has 0 saturated carbocycles. The molecule has 0 fully saturated rings. The Kier molecular flexibility index (Phi) is 5.01. The van der Waals surface area contributed by atoms with Crippen molar-refractivity contribution in [3.8, 4) is 0 Å². The van der Waals surface area contributed by atoms with Crippen LogP contribution in [0, 0.1) is 0 Å². The summed E-state index contributed by atoms with van der Waals surface area (Å²) in [5.74, 6) is 0. The van der Waals surface area contributed by atoms with Crippen LogP contribution >= 0.6 is 0 Å². The summed E-state index contributed by atoms with van der Waals surface area (Å²) in [5.41, 5.74) is -5.93. The second kappa shape index (κ2) is 4.16. The van der Waals surface area contributed by atoms with Gasteiger partial charge in [0.05, 0.1) is 0 Å². The number of hydrogen-bond acceptors (Lipinski definition) is 6. The van der Waals surface area contributed by atoms with Crippen LogP contribution in [0.1, 0.15) is 0 Å². The van der Waals surface area contributed by atoms with E-state index in [9.17, 15) is 34.6 Å². The van der Waals surface area contributed by atoms with E-state index in [-0.39, 0.29) is 18.9 Å². The van der Waals surface area contributed by atoms with Crippen molar-refractivity contribution in [3.05, 3.63) is 0 Å². The summed E-state index contributed by atoms with van der Waals surface area (Å²) in [5, 5.41) is 0. The molecule has 0 aliphatic heterocycles. The molecule has 13 heavy (non-hydrogen) atoms. The van der Waals surface area contributed by atoms with Gasteiger partial charge >= 0.3 is 34.5 Å². The van der Waals surface area contributed by atoms with Gasteiger partial charge in [0.15, 0.2) is 0 Å². The van der Waals surface area contributed by atoms with Crippen LogP contribution in [0.5, 0.6) is 0 Å². The molecule has 0 N–H and O–H groups in total. The minimum absolute atomic E-state index is 0. The fourth-order valence-corrected chi connectivity index (χ4v) is 1.33. The first-order valence-corrected chi connectivity index (χ1v) is 4.68. The Labute approximate surface area is 83.3 Å². The summed E-state index contributed by atoms with van der Waals surface area (Å²) < 4.78 is 83.8. The summed E-state index contributed by atoms with van der Waals surface area (Å²) in [7, 11) is -12.3. The third-order valence-electron chi connectivity index (χ3n) is 0.456. The fraction of sp³-hybridized carbons (Fsp3) is 1.00. The fourth-order valence-electron chi connectivity index (χ4n) is 0.148. The Morgan fingerprint density at radius 1 is 1.08 bits per heavy atom. The predicted octanol–water partition coefficient (Wildman–Crippen LogP) is -3.68. The molecule has 0 heterocycles. The molecule has 0 bridgehead atoms. The van der Waals surface area contributed by atoms with Gasteiger partial charge in [-0.2, -0.15) is 21.6 Å². The Morgan fingerprint density at radius 2 is 1.38 bits per heavy atom. The summed E-state index contributed by atoms with van der Waals surface area (Å²) in [6.07, 6.45) is 0. The zero-order valence-electron chi connectivity index (χ0n) is 5.90. The van der Waals surface area contributed by atoms with Crippen LogP contribution in [0.15, 0.2) is 0 Å². The SMILES string of the molecule is O=S(=O)([O-])OS(=O)(=O)C(F)(F)F.[Li+]. The molecule has 0 amide bonds. The predicted molar refractivity (Wildman–Crippen MR) is 25.8 cm³/mol. The van der Waals surface area contributed by atoms with Crippen molar-refractivity contribution in [2.45, 2.75) is 5.51 Å². The van der Waals surface area contributed by atoms with Crippen molar-refractivity contribution in [2.24, 2.45) is 0 Å². The Bertz CT molecular complexity index is 350. The Hall–Kier alpha value is 0.207. The van der Waals surface area contributed by atoms with Crippen molar-refractivity contribution < 1.29 is 57.0 Å². The topological polar surface area (TPSA) is 101 Å². The first kappa shape index (κ1) is 15.7. The van der Waals surface area contributed by atoms with E-state index in [2.05, 4.69) is 3.63 Å². The Morgan fingerprint density at radius 3 is 1.46 bits per heavy atom. The summed E-state index contributed by atoms with van der Waals surface area (Å²) in [6, 6.07) is 0. The zero-order valence-corrected chi connectivity index (χ0v) is 7.53. The molecule has 0 atom stereocenters. The van der Waals surface area contributed by atoms with Gasteiger partial charge in [0, 0.05) is 0 Å². The molecular weight excluding hydrogens is 236 g/mol. The van der Waals surface area contributed by atoms with Crippen LogP contribution in [-0.4, -0.2) is 26.9 Å². The van der Waals surface area contributed by atoms with Gasteiger partial charge in [0.2, 0.25) is 10.4 Å². The summed E-state index contributed by atoms with van der Waals surface area (Å²) >= 11 is 0. The minimum Gasteiger partial charge on any atom is -0.725 e. The van der Waals surface area contributed by atoms with E-state index in [1.807, 2.05) is 0 Å². The quantitative estimate of drug-likeness (QED) is 0.212. The minimum atomic E-state index is -6.36. The Balaban J connectivity index is 0. The molecule has 0 saturated heterocycles. The maximum Gasteiger partial charge on any atom is 1.00 e. The summed E-state index contributed by atoms with van der Waals surface area (Å²) in [6.45, 7) is 0. The third-order valence-corrected chi connectivity index (χ3v) is 2.41. The van der Waals surface area contributed by atoms with Crippen LogP contribution in [0.4, 0.5) is 13.2 Å². The molecule has 0 unspecified atom stereocenters. The van der Waals surface area contributed by atoms with Crippen LogP contribution < -0.4 is 18.9 Å². The van der Waals surface area contributed by atoms with Gasteiger partial charge in [0.25, 0.3) is 0 Å². The smallest absolute Gasteiger partial charge is 0.725 e. The molecular formula is CF3LiO6S2. The van der Waals surface area contributed by atoms with Gasteiger partial charge in [0.1, 0.15) is 0 Å². The molecule has 0 spiro atoms. The van der Waals surface area contributed by atoms with Gasteiger partial charge in [-0.25, -0.2) is 8.42 Å². The van der Waals surface area contributed by atoms with Gasteiger partial charge in [-0.15, -0.1) is 3.63 Å². The van der Waals surface area contributed by atoms with E-state index < -0.39 is 26.0 Å². The molecule has 0 aromatic rings. The van der Waals surface area contributed by atoms with E-state index in [4.69, 9.17) is 0 Å². The second-order valence-electron chi connectivity index (χ2n) is 1.38. The standard InChI is InChI=1S/CHF3O6S2.Li/c2-1(3,4)11(5,6)10-12(7,8)9;/h(H,7,8,9);/q;+1/p-1. The van der Waals surface area contributed by atoms with Gasteiger partial charge in [-0.05, 0) is 0 Å². The van der Waals surface area contributed by atoms with E-state index in [1.165, 1.54) is 0 Å². The first-order valence-electron chi connectivity index (χ1n) is 1.94. The maximum atomic E-state index is 11.2. The van der Waals surface area contributed by atoms with Gasteiger partial charge < -0.3 is 4.55 Å². The van der Waals surface area contributed by atoms with Crippen LogP contribution in [0.2, 0.25) is 0 Å². The third kappa shape index (κ3) is 5.50. The molecule has 74 valence electrons.